The van der Waals surface area contributed by atoms with Crippen LogP contribution in [0.5, 0.6) is 0 Å². The zero-order chi connectivity index (χ0) is 16.0. The maximum absolute atomic E-state index is 7.35. The second-order valence-corrected chi connectivity index (χ2v) is 5.48. The second-order valence-electron chi connectivity index (χ2n) is 5.48. The van der Waals surface area contributed by atoms with E-state index in [4.69, 9.17) is 5.11 Å². The second kappa shape index (κ2) is 9.23. The molecule has 1 aromatic carbocycles. The summed E-state index contributed by atoms with van der Waals surface area (Å²) in [4.78, 5) is 2.12. The van der Waals surface area contributed by atoms with E-state index in [9.17, 15) is 0 Å². The third kappa shape index (κ3) is 4.23. The Kier molecular flexibility index (Phi) is 7.98. The monoisotopic (exact) mass is 487 g/mol. The van der Waals surface area contributed by atoms with Crippen LogP contribution in [0.2, 0.25) is 0 Å². The average molecular weight is 487 g/mol. The molecule has 2 atom stereocenters. The third-order valence-corrected chi connectivity index (χ3v) is 4.23. The molecule has 8 heteroatoms. The number of nitrogens with zero attached hydrogens (tertiary/aromatic N) is 4. The van der Waals surface area contributed by atoms with Gasteiger partial charge in [0, 0.05) is 21.1 Å². The Balaban J connectivity index is 0.000000615. The molecule has 1 fully saturated rings. The van der Waals surface area contributed by atoms with Gasteiger partial charge in [0.25, 0.3) is 0 Å². The minimum atomic E-state index is -0.250. The van der Waals surface area contributed by atoms with Gasteiger partial charge in [-0.25, -0.2) is 0 Å². The number of aliphatic hydroxyl groups is 1. The Morgan fingerprint density at radius 1 is 1.43 bits per heavy atom. The molecule has 0 radical (unpaired) electrons. The Hall–Kier alpha value is -1.14. The van der Waals surface area contributed by atoms with Crippen molar-refractivity contribution >= 4 is 0 Å². The van der Waals surface area contributed by atoms with Crippen molar-refractivity contribution < 1.29 is 26.2 Å². The van der Waals surface area contributed by atoms with Crippen LogP contribution in [-0.2, 0) is 26.5 Å². The van der Waals surface area contributed by atoms with E-state index < -0.39 is 0 Å². The number of nitrogens with one attached hydrogen (secondary N) is 1. The van der Waals surface area contributed by atoms with Crippen molar-refractivity contribution in [2.45, 2.75) is 18.8 Å². The number of benzene rings is 1. The fourth-order valence-electron chi connectivity index (χ4n) is 3.19. The predicted molar refractivity (Wildman–Crippen MR) is 83.4 cm³/mol. The molecule has 0 saturated carbocycles. The van der Waals surface area contributed by atoms with E-state index in [1.165, 1.54) is 5.56 Å². The number of rotatable bonds is 2. The summed E-state index contributed by atoms with van der Waals surface area (Å²) in [5.74, 6) is 1.18. The zero-order valence-electron chi connectivity index (χ0n) is 13.2. The Bertz CT molecular complexity index is 552. The molecule has 126 valence electrons. The van der Waals surface area contributed by atoms with Crippen LogP contribution in [0.15, 0.2) is 30.3 Å². The van der Waals surface area contributed by atoms with Crippen molar-refractivity contribution in [1.82, 2.24) is 25.5 Å². The van der Waals surface area contributed by atoms with Gasteiger partial charge in [-0.05, 0) is 31.0 Å². The molecule has 2 aromatic rings. The number of hydrogen-bond donors (Lipinski definition) is 3. The van der Waals surface area contributed by atoms with Crippen LogP contribution < -0.4 is 5.73 Å². The number of tetrazole rings is 1. The third-order valence-electron chi connectivity index (χ3n) is 4.23. The number of aromatic amines is 1. The molecule has 2 unspecified atom stereocenters. The van der Waals surface area contributed by atoms with Gasteiger partial charge in [0.2, 0.25) is 0 Å². The van der Waals surface area contributed by atoms with Gasteiger partial charge >= 0.3 is 0 Å². The van der Waals surface area contributed by atoms with Crippen LogP contribution in [0.3, 0.4) is 0 Å². The molecule has 1 aromatic heterocycles. The molecule has 0 amide bonds. The maximum atomic E-state index is 7.35. The fourth-order valence-corrected chi connectivity index (χ4v) is 3.19. The summed E-state index contributed by atoms with van der Waals surface area (Å²) in [6.07, 6.45) is 0.960. The number of H-pyrrole nitrogens is 1. The van der Waals surface area contributed by atoms with E-state index in [2.05, 4.69) is 69.5 Å². The number of hydrogen-bond acceptors (Lipinski definition) is 6. The maximum Gasteiger partial charge on any atom is 0.185 e. The van der Waals surface area contributed by atoms with Crippen molar-refractivity contribution in [2.75, 3.05) is 19.8 Å². The number of aliphatic hydroxyl groups excluding tert-OH is 1. The SMILES string of the molecule is NCO.[CH2-]N1CCC(c2ccccc2)(c2nn[nH]n2)C(C)C1.[W]. The first-order valence-electron chi connectivity index (χ1n) is 7.31. The molecule has 0 spiro atoms. The van der Waals surface area contributed by atoms with Crippen molar-refractivity contribution in [2.24, 2.45) is 11.7 Å². The summed E-state index contributed by atoms with van der Waals surface area (Å²) < 4.78 is 0. The van der Waals surface area contributed by atoms with E-state index in [0.717, 1.165) is 25.3 Å². The standard InChI is InChI=1S/C14H18N5.CH5NO.W/c1-11-10-19(2)9-8-14(11,13-15-17-18-16-13)12-6-4-3-5-7-12;2-1-3;/h3-7,11H,2,8-10H2,1H3,(H,15,16,17,18);3H,1-2H2;/q-1;;. The van der Waals surface area contributed by atoms with Gasteiger partial charge in [-0.1, -0.05) is 42.5 Å². The van der Waals surface area contributed by atoms with Gasteiger partial charge in [0.1, 0.15) is 0 Å². The van der Waals surface area contributed by atoms with E-state index in [1.54, 1.807) is 0 Å². The van der Waals surface area contributed by atoms with Gasteiger partial charge in [0.15, 0.2) is 5.82 Å². The van der Waals surface area contributed by atoms with E-state index in [-0.39, 0.29) is 33.2 Å². The molecule has 0 aliphatic carbocycles. The molecule has 0 bridgehead atoms. The normalized spacial score (nSPS) is 24.3. The van der Waals surface area contributed by atoms with Crippen molar-refractivity contribution in [3.8, 4) is 0 Å². The number of nitrogens with two attached hydrogens (primary N) is 1. The predicted octanol–water partition coefficient (Wildman–Crippen LogP) is 0.512. The average Bonchev–Trinajstić information content (AvgIpc) is 3.04. The van der Waals surface area contributed by atoms with Crippen LogP contribution in [0.25, 0.3) is 0 Å². The largest absolute Gasteiger partial charge is 0.459 e. The van der Waals surface area contributed by atoms with Gasteiger partial charge < -0.3 is 15.7 Å². The minimum Gasteiger partial charge on any atom is -0.459 e. The quantitative estimate of drug-likeness (QED) is 0.422. The smallest absolute Gasteiger partial charge is 0.185 e. The van der Waals surface area contributed by atoms with Gasteiger partial charge in [0.05, 0.1) is 12.1 Å². The summed E-state index contributed by atoms with van der Waals surface area (Å²) in [7, 11) is 4.06. The van der Waals surface area contributed by atoms with Crippen molar-refractivity contribution in [3.63, 3.8) is 0 Å². The Morgan fingerprint density at radius 2 is 2.09 bits per heavy atom. The molecular weight excluding hydrogens is 464 g/mol. The fraction of sp³-hybridized carbons (Fsp3) is 0.467. The molecule has 1 saturated heterocycles. The molecule has 2 heterocycles. The first kappa shape index (κ1) is 19.9. The molecule has 1 aliphatic heterocycles. The van der Waals surface area contributed by atoms with Crippen molar-refractivity contribution in [3.05, 3.63) is 48.8 Å². The minimum absolute atomic E-state index is 0. The van der Waals surface area contributed by atoms with Crippen LogP contribution in [-0.4, -0.2) is 50.5 Å². The molecule has 1 aliphatic rings. The molecule has 4 N–H and O–H groups in total. The summed E-state index contributed by atoms with van der Waals surface area (Å²) in [5.41, 5.74) is 5.50. The first-order chi connectivity index (χ1) is 10.6. The summed E-state index contributed by atoms with van der Waals surface area (Å²) >= 11 is 0. The van der Waals surface area contributed by atoms with E-state index in [0.29, 0.717) is 5.92 Å². The van der Waals surface area contributed by atoms with Crippen LogP contribution in [0.1, 0.15) is 24.7 Å². The Morgan fingerprint density at radius 3 is 2.61 bits per heavy atom. The summed E-state index contributed by atoms with van der Waals surface area (Å²) in [5, 5.41) is 22.3. The molecule has 3 rings (SSSR count). The van der Waals surface area contributed by atoms with E-state index in [1.807, 2.05) is 6.07 Å². The van der Waals surface area contributed by atoms with Gasteiger partial charge in [-0.2, -0.15) is 5.21 Å². The van der Waals surface area contributed by atoms with Crippen LogP contribution >= 0.6 is 0 Å². The van der Waals surface area contributed by atoms with Gasteiger partial charge in [-0.15, -0.1) is 10.2 Å². The summed E-state index contributed by atoms with van der Waals surface area (Å²) in [6, 6.07) is 10.5. The Labute approximate surface area is 150 Å². The zero-order valence-corrected chi connectivity index (χ0v) is 16.2. The first-order valence-corrected chi connectivity index (χ1v) is 7.31. The van der Waals surface area contributed by atoms with Crippen LogP contribution in [0, 0.1) is 13.0 Å². The topological polar surface area (TPSA) is 104 Å². The van der Waals surface area contributed by atoms with Crippen molar-refractivity contribution in [1.29, 1.82) is 0 Å². The van der Waals surface area contributed by atoms with Gasteiger partial charge in [-0.3, -0.25) is 7.05 Å². The number of aromatic nitrogens is 4. The number of likely N-dealkylation sites (tertiary alicyclic amines) is 1. The molecular formula is C15H23N6OW-. The van der Waals surface area contributed by atoms with E-state index >= 15 is 0 Å². The summed E-state index contributed by atoms with van der Waals surface area (Å²) in [6.45, 7) is 3.86. The molecule has 7 nitrogen and oxygen atoms in total. The van der Waals surface area contributed by atoms with Crippen LogP contribution in [0.4, 0.5) is 0 Å². The number of piperidine rings is 1. The molecule has 23 heavy (non-hydrogen) atoms.